The highest BCUT2D eigenvalue weighted by Crippen LogP contribution is 2.48. The second-order valence-electron chi connectivity index (χ2n) is 7.33. The summed E-state index contributed by atoms with van der Waals surface area (Å²) >= 11 is 0. The van der Waals surface area contributed by atoms with E-state index < -0.39 is 0 Å². The van der Waals surface area contributed by atoms with E-state index in [0.29, 0.717) is 12.6 Å². The van der Waals surface area contributed by atoms with Crippen molar-refractivity contribution in [1.29, 1.82) is 0 Å². The number of carbonyl (C=O) groups is 1. The summed E-state index contributed by atoms with van der Waals surface area (Å²) in [5, 5.41) is 7.97. The van der Waals surface area contributed by atoms with Gasteiger partial charge in [0.05, 0.1) is 6.20 Å². The predicted octanol–water partition coefficient (Wildman–Crippen LogP) is 2.97. The van der Waals surface area contributed by atoms with E-state index in [1.165, 1.54) is 5.56 Å². The molecule has 0 aliphatic carbocycles. The maximum absolute atomic E-state index is 12.4. The van der Waals surface area contributed by atoms with Crippen LogP contribution >= 0.6 is 0 Å². The molecular formula is C20H26N4O2. The number of hydrogen-bond donors (Lipinski definition) is 1. The van der Waals surface area contributed by atoms with Gasteiger partial charge in [-0.15, -0.1) is 0 Å². The number of likely N-dealkylation sites (tertiary alicyclic amines) is 1. The molecule has 2 aromatic rings. The van der Waals surface area contributed by atoms with Crippen molar-refractivity contribution in [3.63, 3.8) is 0 Å². The van der Waals surface area contributed by atoms with E-state index in [9.17, 15) is 4.79 Å². The van der Waals surface area contributed by atoms with Crippen molar-refractivity contribution >= 4 is 6.09 Å². The van der Waals surface area contributed by atoms with E-state index in [1.807, 2.05) is 46.1 Å². The number of nitrogens with zero attached hydrogens (tertiary/aromatic N) is 3. The predicted molar refractivity (Wildman–Crippen MR) is 98.5 cm³/mol. The van der Waals surface area contributed by atoms with Crippen molar-refractivity contribution in [3.05, 3.63) is 53.9 Å². The van der Waals surface area contributed by atoms with Crippen LogP contribution in [-0.4, -0.2) is 40.4 Å². The number of rotatable bonds is 4. The fourth-order valence-electron chi connectivity index (χ4n) is 4.08. The van der Waals surface area contributed by atoms with E-state index in [2.05, 4.69) is 23.5 Å². The molecule has 1 aromatic heterocycles. The van der Waals surface area contributed by atoms with E-state index in [0.717, 1.165) is 44.6 Å². The monoisotopic (exact) mass is 354 g/mol. The molecule has 0 radical (unpaired) electrons. The minimum atomic E-state index is -0.202. The van der Waals surface area contributed by atoms with Gasteiger partial charge >= 0.3 is 6.09 Å². The second-order valence-corrected chi connectivity index (χ2v) is 7.33. The van der Waals surface area contributed by atoms with Crippen molar-refractivity contribution in [2.75, 3.05) is 19.6 Å². The maximum atomic E-state index is 12.4. The Bertz CT molecular complexity index is 750. The molecule has 1 aromatic carbocycles. The van der Waals surface area contributed by atoms with E-state index >= 15 is 0 Å². The molecule has 2 saturated heterocycles. The molecule has 2 aliphatic rings. The first-order valence-corrected chi connectivity index (χ1v) is 9.41. The first kappa shape index (κ1) is 17.1. The zero-order valence-electron chi connectivity index (χ0n) is 15.2. The minimum Gasteiger partial charge on any atom is -0.445 e. The Morgan fingerprint density at radius 2 is 2.08 bits per heavy atom. The van der Waals surface area contributed by atoms with Crippen LogP contribution in [0, 0.1) is 5.41 Å². The third-order valence-corrected chi connectivity index (χ3v) is 5.80. The van der Waals surface area contributed by atoms with Gasteiger partial charge in [0.2, 0.25) is 0 Å². The molecule has 0 saturated carbocycles. The summed E-state index contributed by atoms with van der Waals surface area (Å²) in [6.45, 7) is 5.85. The van der Waals surface area contributed by atoms with Gasteiger partial charge in [-0.3, -0.25) is 4.68 Å². The number of ether oxygens (including phenoxy) is 1. The van der Waals surface area contributed by atoms with E-state index in [1.54, 1.807) is 0 Å². The Morgan fingerprint density at radius 1 is 1.31 bits per heavy atom. The number of hydrogen-bond acceptors (Lipinski definition) is 4. The topological polar surface area (TPSA) is 59.4 Å². The van der Waals surface area contributed by atoms with Crippen LogP contribution in [-0.2, 0) is 17.9 Å². The molecule has 4 rings (SSSR count). The number of piperidine rings is 1. The summed E-state index contributed by atoms with van der Waals surface area (Å²) in [5.74, 6) is 0. The Morgan fingerprint density at radius 3 is 2.69 bits per heavy atom. The lowest BCUT2D eigenvalue weighted by Gasteiger charge is -2.54. The van der Waals surface area contributed by atoms with Gasteiger partial charge in [0.15, 0.2) is 0 Å². The SMILES string of the molecule is CCn1cc([C@H]2NCC23CCN(C(=O)OCc2ccccc2)CC3)cn1. The fraction of sp³-hybridized carbons (Fsp3) is 0.500. The van der Waals surface area contributed by atoms with Crippen LogP contribution in [0.5, 0.6) is 0 Å². The molecule has 0 bridgehead atoms. The van der Waals surface area contributed by atoms with E-state index in [-0.39, 0.29) is 11.5 Å². The lowest BCUT2D eigenvalue weighted by atomic mass is 9.65. The third-order valence-electron chi connectivity index (χ3n) is 5.80. The lowest BCUT2D eigenvalue weighted by Crippen LogP contribution is -2.60. The van der Waals surface area contributed by atoms with Crippen LogP contribution in [0.3, 0.4) is 0 Å². The van der Waals surface area contributed by atoms with Crippen LogP contribution in [0.25, 0.3) is 0 Å². The molecule has 1 amide bonds. The summed E-state index contributed by atoms with van der Waals surface area (Å²) in [4.78, 5) is 14.2. The molecule has 138 valence electrons. The Balaban J connectivity index is 1.31. The summed E-state index contributed by atoms with van der Waals surface area (Å²) in [6, 6.07) is 10.2. The molecule has 2 aliphatic heterocycles. The summed E-state index contributed by atoms with van der Waals surface area (Å²) in [5.41, 5.74) is 2.53. The van der Waals surface area contributed by atoms with Gasteiger partial charge in [-0.05, 0) is 25.3 Å². The number of benzene rings is 1. The molecule has 26 heavy (non-hydrogen) atoms. The number of amides is 1. The molecule has 6 heteroatoms. The average molecular weight is 354 g/mol. The molecule has 1 spiro atoms. The summed E-state index contributed by atoms with van der Waals surface area (Å²) in [6.07, 6.45) is 5.92. The van der Waals surface area contributed by atoms with Gasteiger partial charge in [0, 0.05) is 49.4 Å². The quantitative estimate of drug-likeness (QED) is 0.917. The number of nitrogens with one attached hydrogen (secondary N) is 1. The molecule has 0 unspecified atom stereocenters. The van der Waals surface area contributed by atoms with Gasteiger partial charge in [-0.2, -0.15) is 5.10 Å². The smallest absolute Gasteiger partial charge is 0.410 e. The first-order chi connectivity index (χ1) is 12.7. The van der Waals surface area contributed by atoms with E-state index in [4.69, 9.17) is 4.74 Å². The van der Waals surface area contributed by atoms with Crippen molar-refractivity contribution in [2.45, 2.75) is 39.0 Å². The van der Waals surface area contributed by atoms with Crippen molar-refractivity contribution in [1.82, 2.24) is 20.0 Å². The first-order valence-electron chi connectivity index (χ1n) is 9.41. The Labute approximate surface area is 154 Å². The summed E-state index contributed by atoms with van der Waals surface area (Å²) in [7, 11) is 0. The van der Waals surface area contributed by atoms with Crippen molar-refractivity contribution in [2.24, 2.45) is 5.41 Å². The van der Waals surface area contributed by atoms with Crippen LogP contribution in [0.15, 0.2) is 42.7 Å². The zero-order chi connectivity index (χ0) is 18.0. The Kier molecular flexibility index (Phi) is 4.68. The second kappa shape index (κ2) is 7.11. The Hall–Kier alpha value is -2.34. The molecule has 3 heterocycles. The summed E-state index contributed by atoms with van der Waals surface area (Å²) < 4.78 is 7.45. The number of carbonyl (C=O) groups excluding carboxylic acids is 1. The number of aromatic nitrogens is 2. The molecule has 6 nitrogen and oxygen atoms in total. The minimum absolute atomic E-state index is 0.202. The molecule has 1 atom stereocenters. The maximum Gasteiger partial charge on any atom is 0.410 e. The highest BCUT2D eigenvalue weighted by atomic mass is 16.6. The third kappa shape index (κ3) is 3.21. The zero-order valence-corrected chi connectivity index (χ0v) is 15.2. The molecule has 1 N–H and O–H groups in total. The van der Waals surface area contributed by atoms with Crippen LogP contribution in [0.4, 0.5) is 4.79 Å². The van der Waals surface area contributed by atoms with Gasteiger partial charge < -0.3 is 15.0 Å². The van der Waals surface area contributed by atoms with Crippen molar-refractivity contribution < 1.29 is 9.53 Å². The number of aryl methyl sites for hydroxylation is 1. The van der Waals surface area contributed by atoms with Gasteiger partial charge in [-0.1, -0.05) is 30.3 Å². The standard InChI is InChI=1S/C20H26N4O2/c1-2-24-13-17(12-22-24)18-20(15-21-18)8-10-23(11-9-20)19(25)26-14-16-6-4-3-5-7-16/h3-7,12-13,18,21H,2,8-11,14-15H2,1H3/t18-/m1/s1. The van der Waals surface area contributed by atoms with Crippen LogP contribution in [0.2, 0.25) is 0 Å². The average Bonchev–Trinajstić information content (AvgIpc) is 3.14. The molecular weight excluding hydrogens is 328 g/mol. The molecule has 2 fully saturated rings. The van der Waals surface area contributed by atoms with Crippen LogP contribution < -0.4 is 5.32 Å². The van der Waals surface area contributed by atoms with Gasteiger partial charge in [0.1, 0.15) is 6.61 Å². The lowest BCUT2D eigenvalue weighted by molar-refractivity contribution is 0.0000497. The van der Waals surface area contributed by atoms with Crippen molar-refractivity contribution in [3.8, 4) is 0 Å². The largest absolute Gasteiger partial charge is 0.445 e. The van der Waals surface area contributed by atoms with Crippen LogP contribution in [0.1, 0.15) is 36.9 Å². The highest BCUT2D eigenvalue weighted by Gasteiger charge is 2.49. The highest BCUT2D eigenvalue weighted by molar-refractivity contribution is 5.67. The fourth-order valence-corrected chi connectivity index (χ4v) is 4.08. The normalized spacial score (nSPS) is 21.4. The van der Waals surface area contributed by atoms with Gasteiger partial charge in [0.25, 0.3) is 0 Å². The van der Waals surface area contributed by atoms with Gasteiger partial charge in [-0.25, -0.2) is 4.79 Å².